The van der Waals surface area contributed by atoms with Crippen LogP contribution in [0.2, 0.25) is 0 Å². The van der Waals surface area contributed by atoms with Crippen molar-refractivity contribution < 1.29 is 54.0 Å². The second-order valence-corrected chi connectivity index (χ2v) is 10.9. The summed E-state index contributed by atoms with van der Waals surface area (Å²) >= 11 is 0. The molecule has 0 radical (unpaired) electrons. The van der Waals surface area contributed by atoms with Gasteiger partial charge in [0.1, 0.15) is 12.3 Å². The predicted octanol–water partition coefficient (Wildman–Crippen LogP) is -1.92. The molecular formula is C28H48N6O11. The van der Waals surface area contributed by atoms with E-state index in [0.29, 0.717) is 32.2 Å². The number of hydrogen-bond donors (Lipinski definition) is 6. The molecule has 1 saturated heterocycles. The monoisotopic (exact) mass is 644 g/mol. The molecular weight excluding hydrogens is 596 g/mol. The molecule has 0 aromatic carbocycles. The maximum atomic E-state index is 12.5. The first-order chi connectivity index (χ1) is 21.4. The number of amides is 2. The lowest BCUT2D eigenvalue weighted by molar-refractivity contribution is -0.145. The van der Waals surface area contributed by atoms with Gasteiger partial charge in [-0.05, 0) is 25.7 Å². The molecule has 256 valence electrons. The highest BCUT2D eigenvalue weighted by Gasteiger charge is 2.28. The first-order valence-corrected chi connectivity index (χ1v) is 15.2. The lowest BCUT2D eigenvalue weighted by atomic mass is 10.1. The van der Waals surface area contributed by atoms with Crippen LogP contribution in [-0.2, 0) is 33.6 Å². The summed E-state index contributed by atoms with van der Waals surface area (Å²) in [6.45, 7) is 1.37. The molecule has 2 amide bonds. The molecule has 0 saturated carbocycles. The molecule has 0 aromatic heterocycles. The molecule has 1 fully saturated rings. The average Bonchev–Trinajstić information content (AvgIpc) is 2.95. The third-order valence-corrected chi connectivity index (χ3v) is 7.31. The third kappa shape index (κ3) is 19.4. The Morgan fingerprint density at radius 2 is 1.00 bits per heavy atom. The number of aldehydes is 1. The summed E-state index contributed by atoms with van der Waals surface area (Å²) < 4.78 is 0. The number of unbranched alkanes of at least 4 members (excludes halogenated alkanes) is 2. The van der Waals surface area contributed by atoms with Crippen molar-refractivity contribution in [2.45, 2.75) is 51.0 Å². The number of aliphatic carboxylic acids is 4. The van der Waals surface area contributed by atoms with Crippen molar-refractivity contribution in [1.29, 1.82) is 0 Å². The van der Waals surface area contributed by atoms with E-state index in [9.17, 15) is 54.0 Å². The van der Waals surface area contributed by atoms with Crippen LogP contribution in [0.25, 0.3) is 0 Å². The molecule has 0 aliphatic carbocycles. The summed E-state index contributed by atoms with van der Waals surface area (Å²) in [7, 11) is 0. The summed E-state index contributed by atoms with van der Waals surface area (Å²) in [5.41, 5.74) is 0. The fourth-order valence-corrected chi connectivity index (χ4v) is 4.89. The van der Waals surface area contributed by atoms with Gasteiger partial charge in [-0.2, -0.15) is 0 Å². The Balaban J connectivity index is 2.78. The summed E-state index contributed by atoms with van der Waals surface area (Å²) in [5, 5.41) is 43.6. The maximum Gasteiger partial charge on any atom is 0.320 e. The van der Waals surface area contributed by atoms with E-state index in [0.717, 1.165) is 6.42 Å². The minimum Gasteiger partial charge on any atom is -0.480 e. The van der Waals surface area contributed by atoms with Crippen LogP contribution < -0.4 is 10.6 Å². The van der Waals surface area contributed by atoms with Gasteiger partial charge in [-0.1, -0.05) is 0 Å². The summed E-state index contributed by atoms with van der Waals surface area (Å²) in [5.74, 6) is -4.91. The van der Waals surface area contributed by atoms with Crippen LogP contribution >= 0.6 is 0 Å². The van der Waals surface area contributed by atoms with Gasteiger partial charge in [-0.3, -0.25) is 48.4 Å². The van der Waals surface area contributed by atoms with Gasteiger partial charge in [0, 0.05) is 84.7 Å². The topological polar surface area (TPSA) is 237 Å². The molecule has 6 N–H and O–H groups in total. The van der Waals surface area contributed by atoms with E-state index in [4.69, 9.17) is 0 Å². The highest BCUT2D eigenvalue weighted by Crippen LogP contribution is 2.11. The van der Waals surface area contributed by atoms with Crippen molar-refractivity contribution in [3.63, 3.8) is 0 Å². The van der Waals surface area contributed by atoms with Crippen molar-refractivity contribution in [3.05, 3.63) is 0 Å². The molecule has 0 bridgehead atoms. The Morgan fingerprint density at radius 1 is 0.600 bits per heavy atom. The standard InChI is InChI=1S/C28H48N6O11/c35-18-4-5-23(36)29-8-2-1-3-9-30-24(37)7-6-22(28(44)45)34-16-14-32(20-26(40)41)12-10-31(19-25(38)39)11-13-33(15-17-34)21-27(42)43/h18,22H,1-17,19-21H2,(H,29,36)(H,30,37)(H,38,39)(H,40,41)(H,42,43)(H,44,45). The number of nitrogens with zero attached hydrogens (tertiary/aromatic N) is 4. The minimum absolute atomic E-state index is 0.0156. The molecule has 1 heterocycles. The highest BCUT2D eigenvalue weighted by atomic mass is 16.4. The van der Waals surface area contributed by atoms with E-state index in [2.05, 4.69) is 10.6 Å². The number of carboxylic acid groups (broad SMARTS) is 4. The van der Waals surface area contributed by atoms with Gasteiger partial charge in [-0.15, -0.1) is 0 Å². The van der Waals surface area contributed by atoms with Gasteiger partial charge in [0.15, 0.2) is 0 Å². The molecule has 1 aliphatic rings. The van der Waals surface area contributed by atoms with Gasteiger partial charge in [0.2, 0.25) is 11.8 Å². The van der Waals surface area contributed by atoms with Gasteiger partial charge < -0.3 is 35.9 Å². The minimum atomic E-state index is -1.16. The SMILES string of the molecule is O=CCCC(=O)NCCCCCNC(=O)CCC(C(=O)O)N1CCN(CC(=O)O)CCN(CC(=O)O)CCN(CC(=O)O)CC1. The fourth-order valence-electron chi connectivity index (χ4n) is 4.89. The largest absolute Gasteiger partial charge is 0.480 e. The van der Waals surface area contributed by atoms with Gasteiger partial charge >= 0.3 is 23.9 Å². The molecule has 1 aliphatic heterocycles. The maximum absolute atomic E-state index is 12.5. The first kappa shape index (κ1) is 39.4. The molecule has 1 rings (SSSR count). The van der Waals surface area contributed by atoms with Crippen LogP contribution in [0.5, 0.6) is 0 Å². The van der Waals surface area contributed by atoms with Gasteiger partial charge in [-0.25, -0.2) is 0 Å². The Morgan fingerprint density at radius 3 is 1.38 bits per heavy atom. The van der Waals surface area contributed by atoms with Crippen LogP contribution in [0, 0.1) is 0 Å². The van der Waals surface area contributed by atoms with E-state index in [-0.39, 0.29) is 109 Å². The molecule has 1 unspecified atom stereocenters. The highest BCUT2D eigenvalue weighted by molar-refractivity contribution is 5.79. The van der Waals surface area contributed by atoms with Crippen molar-refractivity contribution in [2.24, 2.45) is 0 Å². The normalized spacial score (nSPS) is 16.9. The molecule has 0 aromatic rings. The zero-order chi connectivity index (χ0) is 33.6. The van der Waals surface area contributed by atoms with E-state index >= 15 is 0 Å². The van der Waals surface area contributed by atoms with Crippen molar-refractivity contribution in [2.75, 3.05) is 85.1 Å². The first-order valence-electron chi connectivity index (χ1n) is 15.2. The van der Waals surface area contributed by atoms with E-state index < -0.39 is 29.9 Å². The van der Waals surface area contributed by atoms with Crippen LogP contribution in [0.1, 0.15) is 44.9 Å². The van der Waals surface area contributed by atoms with Gasteiger partial charge in [0.25, 0.3) is 0 Å². The number of nitrogens with one attached hydrogen (secondary N) is 2. The van der Waals surface area contributed by atoms with Crippen molar-refractivity contribution >= 4 is 42.0 Å². The Kier molecular flexibility index (Phi) is 19.9. The summed E-state index contributed by atoms with van der Waals surface area (Å²) in [6, 6.07) is -1.08. The zero-order valence-corrected chi connectivity index (χ0v) is 25.7. The summed E-state index contributed by atoms with van der Waals surface area (Å²) in [6.07, 6.45) is 3.05. The number of rotatable bonds is 20. The number of hydrogen-bond acceptors (Lipinski definition) is 11. The fraction of sp³-hybridized carbons (Fsp3) is 0.750. The summed E-state index contributed by atoms with van der Waals surface area (Å²) in [4.78, 5) is 87.3. The van der Waals surface area contributed by atoms with Gasteiger partial charge in [0.05, 0.1) is 19.6 Å². The lowest BCUT2D eigenvalue weighted by Crippen LogP contribution is -2.52. The predicted molar refractivity (Wildman–Crippen MR) is 160 cm³/mol. The Labute approximate surface area is 262 Å². The van der Waals surface area contributed by atoms with Crippen molar-refractivity contribution in [1.82, 2.24) is 30.2 Å². The van der Waals surface area contributed by atoms with E-state index in [1.807, 2.05) is 0 Å². The van der Waals surface area contributed by atoms with Crippen molar-refractivity contribution in [3.8, 4) is 0 Å². The Bertz CT molecular complexity index is 951. The quantitative estimate of drug-likeness (QED) is 0.0625. The van der Waals surface area contributed by atoms with E-state index in [1.54, 1.807) is 19.6 Å². The second kappa shape index (κ2) is 22.8. The molecule has 17 nitrogen and oxygen atoms in total. The smallest absolute Gasteiger partial charge is 0.320 e. The zero-order valence-electron chi connectivity index (χ0n) is 25.7. The van der Waals surface area contributed by atoms with E-state index in [1.165, 1.54) is 0 Å². The Hall–Kier alpha value is -3.67. The van der Waals surface area contributed by atoms with Crippen LogP contribution in [0.15, 0.2) is 0 Å². The number of carbonyl (C=O) groups is 7. The van der Waals surface area contributed by atoms with Crippen LogP contribution in [-0.4, -0.2) is 173 Å². The molecule has 0 spiro atoms. The average molecular weight is 645 g/mol. The molecule has 17 heteroatoms. The molecule has 1 atom stereocenters. The lowest BCUT2D eigenvalue weighted by Gasteiger charge is -2.35. The van der Waals surface area contributed by atoms with Crippen LogP contribution in [0.3, 0.4) is 0 Å². The second-order valence-electron chi connectivity index (χ2n) is 10.9. The van der Waals surface area contributed by atoms with Crippen LogP contribution in [0.4, 0.5) is 0 Å². The number of carbonyl (C=O) groups excluding carboxylic acids is 3. The number of carboxylic acids is 4. The molecule has 45 heavy (non-hydrogen) atoms. The third-order valence-electron chi connectivity index (χ3n) is 7.31.